The summed E-state index contributed by atoms with van der Waals surface area (Å²) in [5, 5.41) is 21.4. The molecule has 0 unspecified atom stereocenters. The minimum absolute atomic E-state index is 0.123. The third-order valence-electron chi connectivity index (χ3n) is 2.67. The van der Waals surface area contributed by atoms with Gasteiger partial charge in [0.2, 0.25) is 0 Å². The standard InChI is InChI=1S/C11H22N6O4S2/c1-14(10(12)7-16(18)19)3-5-22-9-23-6-4-15(2)11(13)8-17(20)21/h7-8H,3-6,9,12-13H2,1-2H3/b10-7+,11-8+. The van der Waals surface area contributed by atoms with Gasteiger partial charge in [0, 0.05) is 43.8 Å². The molecule has 0 saturated heterocycles. The molecular formula is C11H22N6O4S2. The fourth-order valence-corrected chi connectivity index (χ4v) is 3.47. The fraction of sp³-hybridized carbons (Fsp3) is 0.636. The van der Waals surface area contributed by atoms with Crippen LogP contribution >= 0.6 is 23.5 Å². The summed E-state index contributed by atoms with van der Waals surface area (Å²) >= 11 is 3.37. The lowest BCUT2D eigenvalue weighted by Crippen LogP contribution is -2.27. The lowest BCUT2D eigenvalue weighted by molar-refractivity contribution is -0.404. The predicted molar refractivity (Wildman–Crippen MR) is 93.6 cm³/mol. The van der Waals surface area contributed by atoms with Crippen LogP contribution in [0.5, 0.6) is 0 Å². The van der Waals surface area contributed by atoms with Crippen LogP contribution in [0.25, 0.3) is 0 Å². The highest BCUT2D eigenvalue weighted by Gasteiger charge is 2.05. The summed E-state index contributed by atoms with van der Waals surface area (Å²) in [6.07, 6.45) is 1.55. The average molecular weight is 366 g/mol. The Kier molecular flexibility index (Phi) is 10.8. The van der Waals surface area contributed by atoms with Gasteiger partial charge in [0.25, 0.3) is 12.4 Å². The quantitative estimate of drug-likeness (QED) is 0.215. The molecule has 0 aliphatic carbocycles. The Labute approximate surface area is 143 Å². The van der Waals surface area contributed by atoms with Gasteiger partial charge >= 0.3 is 0 Å². The molecule has 12 heteroatoms. The van der Waals surface area contributed by atoms with Gasteiger partial charge in [-0.15, -0.1) is 23.5 Å². The second-order valence-corrected chi connectivity index (χ2v) is 7.03. The van der Waals surface area contributed by atoms with Crippen molar-refractivity contribution in [2.45, 2.75) is 0 Å². The number of thioether (sulfide) groups is 2. The first-order valence-corrected chi connectivity index (χ1v) is 8.84. The summed E-state index contributed by atoms with van der Waals surface area (Å²) in [4.78, 5) is 22.7. The van der Waals surface area contributed by atoms with Gasteiger partial charge in [-0.25, -0.2) is 0 Å². The molecule has 0 aromatic heterocycles. The zero-order valence-corrected chi connectivity index (χ0v) is 14.7. The maximum Gasteiger partial charge on any atom is 0.274 e. The van der Waals surface area contributed by atoms with Crippen LogP contribution in [0.15, 0.2) is 24.0 Å². The molecule has 23 heavy (non-hydrogen) atoms. The van der Waals surface area contributed by atoms with Crippen LogP contribution in [0, 0.1) is 20.2 Å². The van der Waals surface area contributed by atoms with E-state index >= 15 is 0 Å². The van der Waals surface area contributed by atoms with Crippen LogP contribution in [0.1, 0.15) is 0 Å². The van der Waals surface area contributed by atoms with E-state index in [1.807, 2.05) is 0 Å². The van der Waals surface area contributed by atoms with Crippen LogP contribution in [-0.4, -0.2) is 63.4 Å². The molecule has 0 aromatic rings. The number of nitrogens with zero attached hydrogens (tertiary/aromatic N) is 4. The van der Waals surface area contributed by atoms with E-state index in [1.165, 1.54) is 0 Å². The topological polar surface area (TPSA) is 145 Å². The molecule has 0 heterocycles. The van der Waals surface area contributed by atoms with Gasteiger partial charge < -0.3 is 21.3 Å². The first-order chi connectivity index (χ1) is 10.7. The number of nitrogens with two attached hydrogens (primary N) is 2. The van der Waals surface area contributed by atoms with E-state index in [4.69, 9.17) is 11.5 Å². The summed E-state index contributed by atoms with van der Waals surface area (Å²) in [6.45, 7) is 1.22. The molecule has 0 rings (SSSR count). The van der Waals surface area contributed by atoms with E-state index in [0.717, 1.165) is 29.0 Å². The van der Waals surface area contributed by atoms with Crippen molar-refractivity contribution in [2.24, 2.45) is 11.5 Å². The summed E-state index contributed by atoms with van der Waals surface area (Å²) in [5.74, 6) is 1.82. The van der Waals surface area contributed by atoms with E-state index in [0.29, 0.717) is 13.1 Å². The number of hydrogen-bond acceptors (Lipinski definition) is 10. The summed E-state index contributed by atoms with van der Waals surface area (Å²) in [7, 11) is 3.39. The van der Waals surface area contributed by atoms with Crippen LogP contribution in [0.2, 0.25) is 0 Å². The second kappa shape index (κ2) is 11.7. The molecule has 0 amide bonds. The predicted octanol–water partition coefficient (Wildman–Crippen LogP) is 0.343. The average Bonchev–Trinajstić information content (AvgIpc) is 2.44. The Balaban J connectivity index is 3.75. The smallest absolute Gasteiger partial charge is 0.274 e. The van der Waals surface area contributed by atoms with Crippen molar-refractivity contribution in [3.05, 3.63) is 44.3 Å². The highest BCUT2D eigenvalue weighted by Crippen LogP contribution is 2.12. The van der Waals surface area contributed by atoms with Crippen molar-refractivity contribution in [1.82, 2.24) is 9.80 Å². The normalized spacial score (nSPS) is 12.1. The van der Waals surface area contributed by atoms with Crippen molar-refractivity contribution >= 4 is 23.5 Å². The highest BCUT2D eigenvalue weighted by atomic mass is 32.2. The first-order valence-electron chi connectivity index (χ1n) is 6.53. The van der Waals surface area contributed by atoms with Gasteiger partial charge in [-0.3, -0.25) is 20.2 Å². The molecule has 0 radical (unpaired) electrons. The highest BCUT2D eigenvalue weighted by molar-refractivity contribution is 8.15. The number of hydrogen-bond donors (Lipinski definition) is 2. The number of rotatable bonds is 12. The molecule has 0 aliphatic rings. The second-order valence-electron chi connectivity index (χ2n) is 4.46. The summed E-state index contributed by atoms with van der Waals surface area (Å²) in [6, 6.07) is 0. The molecule has 132 valence electrons. The lowest BCUT2D eigenvalue weighted by atomic mass is 10.6. The van der Waals surface area contributed by atoms with Crippen molar-refractivity contribution in [1.29, 1.82) is 0 Å². The molecule has 0 aromatic carbocycles. The molecule has 0 bridgehead atoms. The maximum atomic E-state index is 10.3. The van der Waals surface area contributed by atoms with E-state index in [9.17, 15) is 20.2 Å². The molecule has 0 aliphatic heterocycles. The van der Waals surface area contributed by atoms with Crippen LogP contribution in [0.3, 0.4) is 0 Å². The van der Waals surface area contributed by atoms with Gasteiger partial charge in [-0.2, -0.15) is 0 Å². The van der Waals surface area contributed by atoms with Crippen LogP contribution in [-0.2, 0) is 0 Å². The Bertz CT molecular complexity index is 420. The largest absolute Gasteiger partial charge is 0.380 e. The molecule has 0 atom stereocenters. The minimum atomic E-state index is -0.579. The van der Waals surface area contributed by atoms with Crippen molar-refractivity contribution in [3.63, 3.8) is 0 Å². The van der Waals surface area contributed by atoms with E-state index in [1.54, 1.807) is 47.4 Å². The summed E-state index contributed by atoms with van der Waals surface area (Å²) in [5.41, 5.74) is 11.1. The molecular weight excluding hydrogens is 344 g/mol. The van der Waals surface area contributed by atoms with E-state index in [-0.39, 0.29) is 11.6 Å². The molecule has 10 nitrogen and oxygen atoms in total. The molecule has 0 spiro atoms. The number of nitro groups is 2. The van der Waals surface area contributed by atoms with Gasteiger partial charge in [0.05, 0.1) is 9.85 Å². The Morgan fingerprint density at radius 2 is 1.30 bits per heavy atom. The molecule has 4 N–H and O–H groups in total. The van der Waals surface area contributed by atoms with E-state index < -0.39 is 9.85 Å². The lowest BCUT2D eigenvalue weighted by Gasteiger charge is -2.17. The van der Waals surface area contributed by atoms with Crippen LogP contribution in [0.4, 0.5) is 0 Å². The summed E-state index contributed by atoms with van der Waals surface area (Å²) < 4.78 is 0. The monoisotopic (exact) mass is 366 g/mol. The zero-order valence-electron chi connectivity index (χ0n) is 13.1. The zero-order chi connectivity index (χ0) is 17.8. The fourth-order valence-electron chi connectivity index (χ4n) is 1.25. The van der Waals surface area contributed by atoms with Gasteiger partial charge in [0.15, 0.2) is 11.6 Å². The third kappa shape index (κ3) is 11.4. The van der Waals surface area contributed by atoms with Crippen molar-refractivity contribution < 1.29 is 9.85 Å². The van der Waals surface area contributed by atoms with Gasteiger partial charge in [-0.05, 0) is 0 Å². The Hall–Kier alpha value is -1.82. The molecule has 0 saturated carbocycles. The van der Waals surface area contributed by atoms with Crippen molar-refractivity contribution in [3.8, 4) is 0 Å². The Morgan fingerprint density at radius 3 is 1.61 bits per heavy atom. The third-order valence-corrected chi connectivity index (χ3v) is 4.94. The van der Waals surface area contributed by atoms with Gasteiger partial charge in [-0.1, -0.05) is 0 Å². The van der Waals surface area contributed by atoms with Gasteiger partial charge in [0.1, 0.15) is 0 Å². The van der Waals surface area contributed by atoms with Crippen molar-refractivity contribution in [2.75, 3.05) is 43.8 Å². The maximum absolute atomic E-state index is 10.3. The molecule has 0 fully saturated rings. The SMILES string of the molecule is CN(CCSCSCCN(C)/C(N)=C/[N+](=O)[O-])/C(N)=C/[N+](=O)[O-]. The first kappa shape index (κ1) is 21.2. The van der Waals surface area contributed by atoms with Crippen LogP contribution < -0.4 is 11.5 Å². The van der Waals surface area contributed by atoms with E-state index in [2.05, 4.69) is 0 Å². The minimum Gasteiger partial charge on any atom is -0.380 e. The Morgan fingerprint density at radius 1 is 0.957 bits per heavy atom.